The average molecular weight is 308 g/mol. The molecule has 104 valence electrons. The summed E-state index contributed by atoms with van der Waals surface area (Å²) in [7, 11) is 0. The Morgan fingerprint density at radius 1 is 1.20 bits per heavy atom. The molecule has 1 aliphatic heterocycles. The molecule has 1 aromatic carbocycles. The quantitative estimate of drug-likeness (QED) is 0.890. The summed E-state index contributed by atoms with van der Waals surface area (Å²) in [5, 5.41) is 9.44. The van der Waals surface area contributed by atoms with Gasteiger partial charge in [0.1, 0.15) is 5.82 Å². The Kier molecular flexibility index (Phi) is 2.93. The average Bonchev–Trinajstić information content (AvgIpc) is 2.94. The molecule has 0 spiro atoms. The van der Waals surface area contributed by atoms with Gasteiger partial charge in [-0.15, -0.1) is 0 Å². The molecule has 1 aromatic heterocycles. The predicted octanol–water partition coefficient (Wildman–Crippen LogP) is 4.41. The van der Waals surface area contributed by atoms with Crippen molar-refractivity contribution in [3.05, 3.63) is 39.5 Å². The van der Waals surface area contributed by atoms with E-state index < -0.39 is 0 Å². The Balaban J connectivity index is 1.83. The molecule has 1 aliphatic carbocycles. The molecule has 0 radical (unpaired) electrons. The van der Waals surface area contributed by atoms with Crippen molar-refractivity contribution in [3.63, 3.8) is 0 Å². The zero-order chi connectivity index (χ0) is 13.7. The van der Waals surface area contributed by atoms with Crippen LogP contribution in [-0.4, -0.2) is 16.3 Å². The molecule has 0 amide bonds. The first-order chi connectivity index (χ1) is 9.74. The highest BCUT2D eigenvalue weighted by Gasteiger charge is 2.30. The van der Waals surface area contributed by atoms with Crippen molar-refractivity contribution in [3.8, 4) is 5.69 Å². The second kappa shape index (κ2) is 4.68. The van der Waals surface area contributed by atoms with Gasteiger partial charge in [0.2, 0.25) is 0 Å². The number of hydrogen-bond donors (Lipinski definition) is 1. The van der Waals surface area contributed by atoms with Gasteiger partial charge < -0.3 is 5.32 Å². The van der Waals surface area contributed by atoms with Gasteiger partial charge in [-0.25, -0.2) is 4.68 Å². The first-order valence-corrected chi connectivity index (χ1v) is 7.81. The Morgan fingerprint density at radius 2 is 2.05 bits per heavy atom. The Morgan fingerprint density at radius 3 is 2.75 bits per heavy atom. The zero-order valence-corrected chi connectivity index (χ0v) is 12.5. The summed E-state index contributed by atoms with van der Waals surface area (Å²) >= 11 is 12.1. The Labute approximate surface area is 127 Å². The van der Waals surface area contributed by atoms with Gasteiger partial charge in [-0.05, 0) is 37.5 Å². The van der Waals surface area contributed by atoms with Crippen molar-refractivity contribution < 1.29 is 0 Å². The van der Waals surface area contributed by atoms with Crippen LogP contribution in [0.3, 0.4) is 0 Å². The van der Waals surface area contributed by atoms with E-state index in [-0.39, 0.29) is 0 Å². The summed E-state index contributed by atoms with van der Waals surface area (Å²) in [5.41, 5.74) is 3.64. The first kappa shape index (κ1) is 12.5. The molecule has 0 saturated heterocycles. The van der Waals surface area contributed by atoms with E-state index >= 15 is 0 Å². The number of hydrogen-bond acceptors (Lipinski definition) is 2. The molecule has 0 unspecified atom stereocenters. The molecule has 3 nitrogen and oxygen atoms in total. The smallest absolute Gasteiger partial charge is 0.133 e. The van der Waals surface area contributed by atoms with Crippen LogP contribution in [0.1, 0.15) is 36.4 Å². The lowest BCUT2D eigenvalue weighted by molar-refractivity contribution is 0.407. The number of rotatable bonds is 2. The van der Waals surface area contributed by atoms with Crippen molar-refractivity contribution in [1.29, 1.82) is 0 Å². The molecule has 5 heteroatoms. The highest BCUT2D eigenvalue weighted by atomic mass is 35.5. The van der Waals surface area contributed by atoms with Crippen molar-refractivity contribution >= 4 is 29.0 Å². The number of nitrogens with zero attached hydrogens (tertiary/aromatic N) is 2. The largest absolute Gasteiger partial charge is 0.369 e. The predicted molar refractivity (Wildman–Crippen MR) is 82.4 cm³/mol. The lowest BCUT2D eigenvalue weighted by Crippen LogP contribution is -2.12. The van der Waals surface area contributed by atoms with Gasteiger partial charge in [0.15, 0.2) is 0 Å². The fourth-order valence-electron chi connectivity index (χ4n) is 3.01. The fourth-order valence-corrected chi connectivity index (χ4v) is 3.31. The second-order valence-electron chi connectivity index (χ2n) is 5.53. The van der Waals surface area contributed by atoms with Crippen LogP contribution < -0.4 is 5.32 Å². The van der Waals surface area contributed by atoms with E-state index in [2.05, 4.69) is 5.32 Å². The molecule has 1 fully saturated rings. The molecular formula is C15H15Cl2N3. The van der Waals surface area contributed by atoms with Crippen molar-refractivity contribution in [2.45, 2.75) is 31.6 Å². The molecule has 1 saturated carbocycles. The fraction of sp³-hybridized carbons (Fsp3) is 0.400. The molecule has 2 aromatic rings. The maximum Gasteiger partial charge on any atom is 0.133 e. The van der Waals surface area contributed by atoms with E-state index in [1.807, 2.05) is 22.9 Å². The molecule has 0 atom stereocenters. The van der Waals surface area contributed by atoms with Crippen LogP contribution in [0.2, 0.25) is 10.0 Å². The van der Waals surface area contributed by atoms with E-state index in [0.717, 1.165) is 24.5 Å². The minimum Gasteiger partial charge on any atom is -0.369 e. The Hall–Kier alpha value is -1.19. The van der Waals surface area contributed by atoms with Crippen LogP contribution in [0.5, 0.6) is 0 Å². The standard InChI is InChI=1S/C15H15Cl2N3/c16-12-5-4-10(8-13(12)17)20-15-11(6-7-18-15)14(19-20)9-2-1-3-9/h4-5,8-9,18H,1-3,6-7H2. The van der Waals surface area contributed by atoms with Crippen LogP contribution in [0.25, 0.3) is 5.69 Å². The number of aromatic nitrogens is 2. The molecule has 1 N–H and O–H groups in total. The summed E-state index contributed by atoms with van der Waals surface area (Å²) < 4.78 is 1.98. The third-order valence-electron chi connectivity index (χ3n) is 4.32. The van der Waals surface area contributed by atoms with Gasteiger partial charge >= 0.3 is 0 Å². The minimum atomic E-state index is 0.566. The number of anilines is 1. The summed E-state index contributed by atoms with van der Waals surface area (Å²) in [6.45, 7) is 0.994. The lowest BCUT2D eigenvalue weighted by Gasteiger charge is -2.24. The van der Waals surface area contributed by atoms with Gasteiger partial charge in [0.05, 0.1) is 21.4 Å². The highest BCUT2D eigenvalue weighted by molar-refractivity contribution is 6.42. The van der Waals surface area contributed by atoms with Crippen LogP contribution >= 0.6 is 23.2 Å². The van der Waals surface area contributed by atoms with E-state index in [1.54, 1.807) is 0 Å². The van der Waals surface area contributed by atoms with Crippen molar-refractivity contribution in [1.82, 2.24) is 9.78 Å². The van der Waals surface area contributed by atoms with Crippen LogP contribution in [0, 0.1) is 0 Å². The zero-order valence-electron chi connectivity index (χ0n) is 11.0. The normalized spacial score (nSPS) is 17.7. The van der Waals surface area contributed by atoms with Crippen LogP contribution in [-0.2, 0) is 6.42 Å². The lowest BCUT2D eigenvalue weighted by atomic mass is 9.81. The molecule has 4 rings (SSSR count). The molecule has 20 heavy (non-hydrogen) atoms. The second-order valence-corrected chi connectivity index (χ2v) is 6.34. The molecular weight excluding hydrogens is 293 g/mol. The van der Waals surface area contributed by atoms with Gasteiger partial charge in [-0.1, -0.05) is 29.6 Å². The van der Waals surface area contributed by atoms with E-state index in [4.69, 9.17) is 28.3 Å². The SMILES string of the molecule is Clc1ccc(-n2nc(C3CCC3)c3c2NCC3)cc1Cl. The maximum absolute atomic E-state index is 6.13. The minimum absolute atomic E-state index is 0.566. The van der Waals surface area contributed by atoms with Crippen molar-refractivity contribution in [2.24, 2.45) is 0 Å². The molecule has 2 heterocycles. The molecule has 2 aliphatic rings. The summed E-state index contributed by atoms with van der Waals surface area (Å²) in [6.07, 6.45) is 4.94. The van der Waals surface area contributed by atoms with Crippen LogP contribution in [0.15, 0.2) is 18.2 Å². The monoisotopic (exact) mass is 307 g/mol. The van der Waals surface area contributed by atoms with Gasteiger partial charge in [0, 0.05) is 18.0 Å². The third-order valence-corrected chi connectivity index (χ3v) is 5.06. The van der Waals surface area contributed by atoms with E-state index in [1.165, 1.54) is 30.5 Å². The third kappa shape index (κ3) is 1.84. The first-order valence-electron chi connectivity index (χ1n) is 7.05. The van der Waals surface area contributed by atoms with Gasteiger partial charge in [0.25, 0.3) is 0 Å². The number of benzene rings is 1. The summed E-state index contributed by atoms with van der Waals surface area (Å²) in [6, 6.07) is 5.67. The Bertz CT molecular complexity index is 674. The van der Waals surface area contributed by atoms with E-state index in [9.17, 15) is 0 Å². The van der Waals surface area contributed by atoms with Gasteiger partial charge in [-0.2, -0.15) is 5.10 Å². The number of fused-ring (bicyclic) bond motifs is 1. The van der Waals surface area contributed by atoms with Crippen molar-refractivity contribution in [2.75, 3.05) is 11.9 Å². The number of nitrogens with one attached hydrogen (secondary N) is 1. The van der Waals surface area contributed by atoms with Gasteiger partial charge in [-0.3, -0.25) is 0 Å². The molecule has 0 bridgehead atoms. The maximum atomic E-state index is 6.13. The summed E-state index contributed by atoms with van der Waals surface area (Å²) in [4.78, 5) is 0. The summed E-state index contributed by atoms with van der Waals surface area (Å²) in [5.74, 6) is 1.78. The topological polar surface area (TPSA) is 29.9 Å². The highest BCUT2D eigenvalue weighted by Crippen LogP contribution is 2.41. The number of halogens is 2. The van der Waals surface area contributed by atoms with Crippen LogP contribution in [0.4, 0.5) is 5.82 Å². The van der Waals surface area contributed by atoms with E-state index in [0.29, 0.717) is 16.0 Å².